The lowest BCUT2D eigenvalue weighted by Crippen LogP contribution is -2.41. The van der Waals surface area contributed by atoms with Crippen molar-refractivity contribution in [1.82, 2.24) is 15.6 Å². The molecule has 1 aliphatic rings. The lowest BCUT2D eigenvalue weighted by Gasteiger charge is -2.20. The van der Waals surface area contributed by atoms with Crippen LogP contribution in [0.15, 0.2) is 83.6 Å². The molecule has 0 saturated carbocycles. The van der Waals surface area contributed by atoms with E-state index < -0.39 is 12.1 Å². The first-order valence-electron chi connectivity index (χ1n) is 10.3. The van der Waals surface area contributed by atoms with Crippen LogP contribution in [0.1, 0.15) is 24.9 Å². The molecule has 3 N–H and O–H groups in total. The number of hydrogen-bond acceptors (Lipinski definition) is 4. The summed E-state index contributed by atoms with van der Waals surface area (Å²) in [6.07, 6.45) is 6.19. The number of carbonyl (C=O) groups is 2. The minimum Gasteiger partial charge on any atom is -0.324 e. The summed E-state index contributed by atoms with van der Waals surface area (Å²) in [5.74, 6) is -0.343. The molecule has 0 aliphatic heterocycles. The molecule has 0 bridgehead atoms. The quantitative estimate of drug-likeness (QED) is 0.543. The number of halogens is 1. The second-order valence-electron chi connectivity index (χ2n) is 7.20. The molecule has 1 aliphatic carbocycles. The number of hydrogen-bond donors (Lipinski definition) is 3. The van der Waals surface area contributed by atoms with E-state index in [-0.39, 0.29) is 5.91 Å². The molecule has 0 heterocycles. The van der Waals surface area contributed by atoms with Gasteiger partial charge in [0.1, 0.15) is 6.04 Å². The predicted octanol–water partition coefficient (Wildman–Crippen LogP) is 4.47. The Bertz CT molecular complexity index is 1030. The number of nitrogens with zero attached hydrogens (tertiary/aromatic N) is 2. The molecule has 3 rings (SSSR count). The van der Waals surface area contributed by atoms with E-state index in [4.69, 9.17) is 11.6 Å². The van der Waals surface area contributed by atoms with Crippen molar-refractivity contribution in [2.24, 2.45) is 5.10 Å². The molecule has 8 heteroatoms. The molecule has 32 heavy (non-hydrogen) atoms. The first-order valence-corrected chi connectivity index (χ1v) is 10.7. The average molecular weight is 452 g/mol. The SMILES string of the molecule is CCN(C)N=C1C=CC(NC(=O)C(NC(=O)Nc2ccc(Cl)cc2)c2ccccc2)=CC1. The molecule has 0 fully saturated rings. The molecule has 3 amide bonds. The zero-order valence-corrected chi connectivity index (χ0v) is 18.8. The summed E-state index contributed by atoms with van der Waals surface area (Å²) in [6.45, 7) is 2.84. The van der Waals surface area contributed by atoms with Crippen LogP contribution >= 0.6 is 11.6 Å². The highest BCUT2D eigenvalue weighted by molar-refractivity contribution is 6.30. The summed E-state index contributed by atoms with van der Waals surface area (Å²) in [6, 6.07) is 14.4. The van der Waals surface area contributed by atoms with Crippen LogP contribution in [0.3, 0.4) is 0 Å². The fraction of sp³-hybridized carbons (Fsp3) is 0.208. The number of nitrogens with one attached hydrogen (secondary N) is 3. The number of anilines is 1. The first-order chi connectivity index (χ1) is 15.4. The van der Waals surface area contributed by atoms with Crippen molar-refractivity contribution in [1.29, 1.82) is 0 Å². The van der Waals surface area contributed by atoms with E-state index >= 15 is 0 Å². The maximum Gasteiger partial charge on any atom is 0.320 e. The lowest BCUT2D eigenvalue weighted by atomic mass is 10.1. The highest BCUT2D eigenvalue weighted by atomic mass is 35.5. The van der Waals surface area contributed by atoms with E-state index in [1.807, 2.05) is 49.3 Å². The minimum atomic E-state index is -0.876. The second kappa shape index (κ2) is 11.2. The van der Waals surface area contributed by atoms with E-state index in [1.54, 1.807) is 42.5 Å². The van der Waals surface area contributed by atoms with Gasteiger partial charge in [-0.25, -0.2) is 4.79 Å². The smallest absolute Gasteiger partial charge is 0.320 e. The molecule has 2 aromatic rings. The van der Waals surface area contributed by atoms with Crippen molar-refractivity contribution in [2.75, 3.05) is 18.9 Å². The standard InChI is InChI=1S/C24H26ClN5O2/c1-3-30(2)29-21-15-13-19(14-16-21)26-23(31)22(17-7-5-4-6-8-17)28-24(32)27-20-11-9-18(25)10-12-20/h4-15,22H,3,16H2,1-2H3,(H,26,31)(H2,27,28,32). The van der Waals surface area contributed by atoms with Gasteiger partial charge >= 0.3 is 6.03 Å². The number of allylic oxidation sites excluding steroid dienone is 3. The summed E-state index contributed by atoms with van der Waals surface area (Å²) in [5, 5.41) is 15.3. The van der Waals surface area contributed by atoms with Gasteiger partial charge in [0.05, 0.1) is 5.71 Å². The van der Waals surface area contributed by atoms with Gasteiger partial charge in [-0.05, 0) is 48.9 Å². The largest absolute Gasteiger partial charge is 0.324 e. The molecular formula is C24H26ClN5O2. The predicted molar refractivity (Wildman–Crippen MR) is 129 cm³/mol. The van der Waals surface area contributed by atoms with Gasteiger partial charge in [0.25, 0.3) is 5.91 Å². The Morgan fingerprint density at radius 2 is 1.78 bits per heavy atom. The molecule has 1 atom stereocenters. The van der Waals surface area contributed by atoms with E-state index in [2.05, 4.69) is 21.1 Å². The monoisotopic (exact) mass is 451 g/mol. The van der Waals surface area contributed by atoms with Crippen LogP contribution in [-0.4, -0.2) is 36.3 Å². The van der Waals surface area contributed by atoms with Crippen molar-refractivity contribution in [3.63, 3.8) is 0 Å². The Labute approximate surface area is 192 Å². The molecule has 1 unspecified atom stereocenters. The van der Waals surface area contributed by atoms with Gasteiger partial charge in [-0.3, -0.25) is 4.79 Å². The van der Waals surface area contributed by atoms with E-state index in [0.717, 1.165) is 12.3 Å². The number of amides is 3. The Kier molecular flexibility index (Phi) is 8.05. The lowest BCUT2D eigenvalue weighted by molar-refractivity contribution is -0.122. The average Bonchev–Trinajstić information content (AvgIpc) is 2.80. The number of urea groups is 1. The minimum absolute atomic E-state index is 0.343. The van der Waals surface area contributed by atoms with Crippen molar-refractivity contribution in [3.05, 3.63) is 89.1 Å². The van der Waals surface area contributed by atoms with Gasteiger partial charge in [0, 0.05) is 36.4 Å². The van der Waals surface area contributed by atoms with Crippen molar-refractivity contribution in [3.8, 4) is 0 Å². The molecular weight excluding hydrogens is 426 g/mol. The number of benzene rings is 2. The Morgan fingerprint density at radius 3 is 2.41 bits per heavy atom. The van der Waals surface area contributed by atoms with Gasteiger partial charge in [0.15, 0.2) is 0 Å². The zero-order valence-electron chi connectivity index (χ0n) is 18.0. The molecule has 0 saturated heterocycles. The fourth-order valence-corrected chi connectivity index (χ4v) is 3.11. The Hall–Kier alpha value is -3.58. The summed E-state index contributed by atoms with van der Waals surface area (Å²) >= 11 is 5.89. The molecule has 0 spiro atoms. The van der Waals surface area contributed by atoms with Crippen molar-refractivity contribution in [2.45, 2.75) is 19.4 Å². The third-order valence-electron chi connectivity index (χ3n) is 4.78. The number of carbonyl (C=O) groups excluding carboxylic acids is 2. The second-order valence-corrected chi connectivity index (χ2v) is 7.64. The highest BCUT2D eigenvalue weighted by Gasteiger charge is 2.23. The molecule has 0 aromatic heterocycles. The summed E-state index contributed by atoms with van der Waals surface area (Å²) in [4.78, 5) is 25.6. The highest BCUT2D eigenvalue weighted by Crippen LogP contribution is 2.17. The fourth-order valence-electron chi connectivity index (χ4n) is 2.99. The van der Waals surface area contributed by atoms with Gasteiger partial charge in [0.2, 0.25) is 0 Å². The van der Waals surface area contributed by atoms with E-state index in [9.17, 15) is 9.59 Å². The molecule has 166 valence electrons. The third kappa shape index (κ3) is 6.72. The zero-order chi connectivity index (χ0) is 22.9. The number of rotatable bonds is 7. The summed E-state index contributed by atoms with van der Waals surface area (Å²) in [5.41, 5.74) is 2.81. The van der Waals surface area contributed by atoms with Crippen LogP contribution in [0, 0.1) is 0 Å². The van der Waals surface area contributed by atoms with Gasteiger partial charge in [-0.1, -0.05) is 48.0 Å². The third-order valence-corrected chi connectivity index (χ3v) is 5.04. The van der Waals surface area contributed by atoms with Crippen LogP contribution in [0.25, 0.3) is 0 Å². The van der Waals surface area contributed by atoms with Crippen LogP contribution < -0.4 is 16.0 Å². The number of hydrazone groups is 1. The Balaban J connectivity index is 1.68. The van der Waals surface area contributed by atoms with Gasteiger partial charge < -0.3 is 21.0 Å². The van der Waals surface area contributed by atoms with E-state index in [0.29, 0.717) is 28.4 Å². The topological polar surface area (TPSA) is 85.8 Å². The van der Waals surface area contributed by atoms with Crippen LogP contribution in [0.4, 0.5) is 10.5 Å². The van der Waals surface area contributed by atoms with Crippen molar-refractivity contribution < 1.29 is 9.59 Å². The van der Waals surface area contributed by atoms with E-state index in [1.165, 1.54) is 0 Å². The van der Waals surface area contributed by atoms with Crippen LogP contribution in [0.5, 0.6) is 0 Å². The molecule has 0 radical (unpaired) electrons. The molecule has 7 nitrogen and oxygen atoms in total. The summed E-state index contributed by atoms with van der Waals surface area (Å²) < 4.78 is 0. The first kappa shape index (κ1) is 23.1. The van der Waals surface area contributed by atoms with Gasteiger partial charge in [-0.15, -0.1) is 0 Å². The maximum absolute atomic E-state index is 13.1. The Morgan fingerprint density at radius 1 is 1.06 bits per heavy atom. The molecule has 2 aromatic carbocycles. The maximum atomic E-state index is 13.1. The van der Waals surface area contributed by atoms with Crippen molar-refractivity contribution >= 4 is 34.9 Å². The van der Waals surface area contributed by atoms with Crippen LogP contribution in [0.2, 0.25) is 5.02 Å². The summed E-state index contributed by atoms with van der Waals surface area (Å²) in [7, 11) is 1.91. The van der Waals surface area contributed by atoms with Gasteiger partial charge in [-0.2, -0.15) is 5.10 Å². The van der Waals surface area contributed by atoms with Crippen LogP contribution in [-0.2, 0) is 4.79 Å². The normalized spacial score (nSPS) is 15.0.